The molecule has 3 saturated heterocycles. The molecule has 3 unspecified atom stereocenters. The van der Waals surface area contributed by atoms with Crippen molar-refractivity contribution in [3.8, 4) is 0 Å². The van der Waals surface area contributed by atoms with Gasteiger partial charge in [-0.2, -0.15) is 0 Å². The monoisotopic (exact) mass is 582 g/mol. The van der Waals surface area contributed by atoms with Crippen LogP contribution in [0, 0.1) is 23.2 Å². The maximum Gasteiger partial charge on any atom is 0.312 e. The molecule has 0 aliphatic carbocycles. The van der Waals surface area contributed by atoms with E-state index in [1.54, 1.807) is 17.9 Å². The predicted molar refractivity (Wildman–Crippen MR) is 161 cm³/mol. The van der Waals surface area contributed by atoms with Gasteiger partial charge in [0.05, 0.1) is 30.8 Å². The number of aliphatic hydroxyl groups excluding tert-OH is 1. The lowest BCUT2D eigenvalue weighted by atomic mass is 9.62. The molecular weight excluding hydrogens is 532 g/mol. The number of ether oxygens (including phenoxy) is 2. The Labute approximate surface area is 251 Å². The fraction of sp³-hybridized carbons (Fsp3) is 0.676. The van der Waals surface area contributed by atoms with Crippen LogP contribution in [0.15, 0.2) is 43.0 Å². The molecule has 42 heavy (non-hydrogen) atoms. The van der Waals surface area contributed by atoms with Gasteiger partial charge in [0.2, 0.25) is 11.8 Å². The summed E-state index contributed by atoms with van der Waals surface area (Å²) < 4.78 is 12.4. The molecule has 8 nitrogen and oxygen atoms in total. The SMILES string of the molecule is C=CCN(C(=O)C1N([C@@H](CO)Cc2ccccc2)C(=O)[C@@H]2[C@@H](C(=O)OCC)[C@]3(C)OC12CC3C)C(C)(C)CC(C)(C)C. The van der Waals surface area contributed by atoms with E-state index in [-0.39, 0.29) is 42.9 Å². The Kier molecular flexibility index (Phi) is 8.76. The van der Waals surface area contributed by atoms with E-state index in [4.69, 9.17) is 9.47 Å². The third-order valence-electron chi connectivity index (χ3n) is 9.72. The first-order valence-corrected chi connectivity index (χ1v) is 15.3. The number of likely N-dealkylation sites (tertiary alicyclic amines) is 1. The van der Waals surface area contributed by atoms with Gasteiger partial charge in [0, 0.05) is 12.1 Å². The second-order valence-electron chi connectivity index (χ2n) is 14.5. The van der Waals surface area contributed by atoms with Gasteiger partial charge in [-0.3, -0.25) is 14.4 Å². The molecule has 0 radical (unpaired) electrons. The van der Waals surface area contributed by atoms with Gasteiger partial charge in [0.15, 0.2) is 0 Å². The number of benzene rings is 1. The van der Waals surface area contributed by atoms with Crippen molar-refractivity contribution in [2.45, 2.75) is 103 Å². The quantitative estimate of drug-likeness (QED) is 0.307. The molecule has 232 valence electrons. The number of rotatable bonds is 11. The Morgan fingerprint density at radius 1 is 1.24 bits per heavy atom. The summed E-state index contributed by atoms with van der Waals surface area (Å²) in [7, 11) is 0. The minimum Gasteiger partial charge on any atom is -0.466 e. The minimum atomic E-state index is -1.22. The van der Waals surface area contributed by atoms with E-state index >= 15 is 4.79 Å². The molecule has 3 aliphatic rings. The van der Waals surface area contributed by atoms with E-state index in [0.717, 1.165) is 5.56 Å². The topological polar surface area (TPSA) is 96.4 Å². The van der Waals surface area contributed by atoms with Gasteiger partial charge in [0.25, 0.3) is 0 Å². The van der Waals surface area contributed by atoms with Crippen LogP contribution in [-0.4, -0.2) is 81.3 Å². The van der Waals surface area contributed by atoms with E-state index in [0.29, 0.717) is 19.3 Å². The number of carbonyl (C=O) groups is 3. The van der Waals surface area contributed by atoms with Crippen molar-refractivity contribution < 1.29 is 29.0 Å². The fourth-order valence-corrected chi connectivity index (χ4v) is 8.38. The molecule has 0 aromatic heterocycles. The van der Waals surface area contributed by atoms with Gasteiger partial charge in [-0.25, -0.2) is 0 Å². The van der Waals surface area contributed by atoms with Crippen molar-refractivity contribution in [2.75, 3.05) is 19.8 Å². The molecule has 8 heteroatoms. The molecule has 1 spiro atoms. The van der Waals surface area contributed by atoms with Gasteiger partial charge < -0.3 is 24.4 Å². The second kappa shape index (κ2) is 11.4. The maximum absolute atomic E-state index is 15.0. The van der Waals surface area contributed by atoms with Crippen LogP contribution in [0.25, 0.3) is 0 Å². The highest BCUT2D eigenvalue weighted by atomic mass is 16.6. The summed E-state index contributed by atoms with van der Waals surface area (Å²) in [5, 5.41) is 10.7. The van der Waals surface area contributed by atoms with E-state index in [1.807, 2.05) is 62.9 Å². The highest BCUT2D eigenvalue weighted by Crippen LogP contribution is 2.66. The fourth-order valence-electron chi connectivity index (χ4n) is 8.38. The zero-order valence-electron chi connectivity index (χ0n) is 26.7. The molecule has 7 atom stereocenters. The molecule has 3 fully saturated rings. The number of hydrogen-bond acceptors (Lipinski definition) is 6. The van der Waals surface area contributed by atoms with Gasteiger partial charge in [-0.1, -0.05) is 64.1 Å². The van der Waals surface area contributed by atoms with Crippen LogP contribution in [0.5, 0.6) is 0 Å². The molecule has 1 aromatic rings. The van der Waals surface area contributed by atoms with Gasteiger partial charge in [-0.05, 0) is 63.9 Å². The number of fused-ring (bicyclic) bond motifs is 1. The summed E-state index contributed by atoms with van der Waals surface area (Å²) in [6, 6.07) is 7.94. The zero-order chi connectivity index (χ0) is 31.3. The molecule has 1 aromatic carbocycles. The van der Waals surface area contributed by atoms with E-state index in [9.17, 15) is 14.7 Å². The summed E-state index contributed by atoms with van der Waals surface area (Å²) in [6.07, 6.45) is 3.24. The lowest BCUT2D eigenvalue weighted by Crippen LogP contribution is -2.62. The average Bonchev–Trinajstić information content (AvgIpc) is 3.41. The highest BCUT2D eigenvalue weighted by molar-refractivity contribution is 5.99. The van der Waals surface area contributed by atoms with E-state index in [2.05, 4.69) is 27.4 Å². The van der Waals surface area contributed by atoms with Crippen molar-refractivity contribution in [1.29, 1.82) is 0 Å². The number of esters is 1. The van der Waals surface area contributed by atoms with Gasteiger partial charge >= 0.3 is 5.97 Å². The normalized spacial score (nSPS) is 31.2. The molecule has 4 rings (SSSR count). The summed E-state index contributed by atoms with van der Waals surface area (Å²) >= 11 is 0. The first-order valence-electron chi connectivity index (χ1n) is 15.3. The van der Waals surface area contributed by atoms with E-state index in [1.165, 1.54) is 0 Å². The van der Waals surface area contributed by atoms with Crippen LogP contribution in [-0.2, 0) is 30.3 Å². The lowest BCUT2D eigenvalue weighted by Gasteiger charge is -2.46. The van der Waals surface area contributed by atoms with Crippen LogP contribution in [0.3, 0.4) is 0 Å². The van der Waals surface area contributed by atoms with Crippen LogP contribution >= 0.6 is 0 Å². The number of hydrogen-bond donors (Lipinski definition) is 1. The molecule has 1 N–H and O–H groups in total. The molecule has 3 aliphatic heterocycles. The van der Waals surface area contributed by atoms with Crippen LogP contribution < -0.4 is 0 Å². The van der Waals surface area contributed by atoms with Crippen molar-refractivity contribution in [3.63, 3.8) is 0 Å². The summed E-state index contributed by atoms with van der Waals surface area (Å²) in [6.45, 7) is 20.2. The average molecular weight is 583 g/mol. The Morgan fingerprint density at radius 3 is 2.43 bits per heavy atom. The number of carbonyl (C=O) groups excluding carboxylic acids is 3. The molecule has 2 amide bonds. The third-order valence-corrected chi connectivity index (χ3v) is 9.72. The van der Waals surface area contributed by atoms with Crippen molar-refractivity contribution >= 4 is 17.8 Å². The van der Waals surface area contributed by atoms with Crippen LogP contribution in [0.4, 0.5) is 0 Å². The second-order valence-corrected chi connectivity index (χ2v) is 14.5. The Bertz CT molecular complexity index is 1190. The Hall–Kier alpha value is -2.71. The number of amides is 2. The van der Waals surface area contributed by atoms with Crippen molar-refractivity contribution in [3.05, 3.63) is 48.6 Å². The lowest BCUT2D eigenvalue weighted by molar-refractivity contribution is -0.164. The van der Waals surface area contributed by atoms with Crippen molar-refractivity contribution in [2.24, 2.45) is 23.2 Å². The first kappa shape index (κ1) is 32.2. The molecule has 0 saturated carbocycles. The molecular formula is C34H50N2O6. The number of nitrogens with zero attached hydrogens (tertiary/aromatic N) is 2. The van der Waals surface area contributed by atoms with Gasteiger partial charge in [-0.15, -0.1) is 6.58 Å². The predicted octanol–water partition coefficient (Wildman–Crippen LogP) is 4.39. The van der Waals surface area contributed by atoms with Gasteiger partial charge in [0.1, 0.15) is 17.6 Å². The van der Waals surface area contributed by atoms with Crippen LogP contribution in [0.1, 0.15) is 73.8 Å². The highest BCUT2D eigenvalue weighted by Gasteiger charge is 2.81. The minimum absolute atomic E-state index is 0.0740. The smallest absolute Gasteiger partial charge is 0.312 e. The maximum atomic E-state index is 15.0. The standard InChI is InChI=1S/C34H50N2O6/c1-10-17-35(32(7,8)21-31(4,5)6)29(39)27-34-19-22(3)33(9,42-34)26(30(40)41-11-2)25(34)28(38)36(27)24(20-37)18-23-15-13-12-14-16-23/h10,12-16,22,24-27,37H,1,11,17-21H2,2-9H3/t22?,24-,25+,26+,27?,33-,34?/m1/s1. The largest absolute Gasteiger partial charge is 0.466 e. The third kappa shape index (κ3) is 5.30. The van der Waals surface area contributed by atoms with Crippen molar-refractivity contribution in [1.82, 2.24) is 9.80 Å². The van der Waals surface area contributed by atoms with Crippen LogP contribution in [0.2, 0.25) is 0 Å². The first-order chi connectivity index (χ1) is 19.6. The summed E-state index contributed by atoms with van der Waals surface area (Å²) in [5.74, 6) is -2.87. The molecule has 3 heterocycles. The molecule has 2 bridgehead atoms. The van der Waals surface area contributed by atoms with E-state index < -0.39 is 46.6 Å². The summed E-state index contributed by atoms with van der Waals surface area (Å²) in [4.78, 5) is 46.6. The number of aliphatic hydroxyl groups is 1. The zero-order valence-corrected chi connectivity index (χ0v) is 26.7. The Morgan fingerprint density at radius 2 is 1.88 bits per heavy atom. The summed E-state index contributed by atoms with van der Waals surface area (Å²) in [5.41, 5.74) is -1.88. The Balaban J connectivity index is 1.88.